The van der Waals surface area contributed by atoms with Gasteiger partial charge < -0.3 is 9.32 Å². The van der Waals surface area contributed by atoms with Gasteiger partial charge in [-0.25, -0.2) is 0 Å². The molecule has 0 saturated carbocycles. The molecule has 0 fully saturated rings. The number of hydrogen-bond acceptors (Lipinski definition) is 2. The van der Waals surface area contributed by atoms with Crippen LogP contribution in [0.1, 0.15) is 28.2 Å². The summed E-state index contributed by atoms with van der Waals surface area (Å²) in [5.41, 5.74) is 17.7. The van der Waals surface area contributed by atoms with E-state index in [-0.39, 0.29) is 11.3 Å². The lowest BCUT2D eigenvalue weighted by Gasteiger charge is -2.36. The van der Waals surface area contributed by atoms with Gasteiger partial charge in [0, 0.05) is 45.2 Å². The minimum absolute atomic E-state index is 0.283. The molecule has 3 atom stereocenters. The molecule has 0 saturated heterocycles. The Bertz CT molecular complexity index is 2980. The molecule has 2 nitrogen and oxygen atoms in total. The molecule has 57 heavy (non-hydrogen) atoms. The van der Waals surface area contributed by atoms with Crippen molar-refractivity contribution < 1.29 is 4.42 Å². The summed E-state index contributed by atoms with van der Waals surface area (Å²) in [6.45, 7) is 0. The first-order valence-corrected chi connectivity index (χ1v) is 19.9. The molecule has 3 unspecified atom stereocenters. The average Bonchev–Trinajstić information content (AvgIpc) is 3.91. The predicted molar refractivity (Wildman–Crippen MR) is 236 cm³/mol. The minimum Gasteiger partial charge on any atom is -0.455 e. The van der Waals surface area contributed by atoms with Crippen LogP contribution < -0.4 is 4.90 Å². The monoisotopic (exact) mass is 727 g/mol. The standard InChI is InChI=1S/C55H37NO/c1-3-13-36(14-4-1)38-23-27-40(28-24-38)56(41-29-25-39(26-30-41)37-15-5-2-6-16-37)42-31-34-52-47(35-42)45-32-33-51-53(54(45)57-52)46-19-9-12-22-50(46)55(51)48-20-10-7-17-43(48)44-18-8-11-21-49(44)55/h1-35,43,48H. The molecule has 1 aromatic heterocycles. The van der Waals surface area contributed by atoms with Crippen LogP contribution in [0, 0.1) is 5.92 Å². The third kappa shape index (κ3) is 4.65. The normalized spacial score (nSPS) is 18.5. The van der Waals surface area contributed by atoms with Crippen molar-refractivity contribution in [2.45, 2.75) is 11.3 Å². The Morgan fingerprint density at radius 3 is 1.72 bits per heavy atom. The third-order valence-electron chi connectivity index (χ3n) is 12.8. The van der Waals surface area contributed by atoms with E-state index in [0.29, 0.717) is 5.92 Å². The molecule has 0 radical (unpaired) electrons. The Balaban J connectivity index is 1.03. The Kier molecular flexibility index (Phi) is 7.00. The van der Waals surface area contributed by atoms with Crippen LogP contribution in [0.15, 0.2) is 217 Å². The number of allylic oxidation sites excluding steroid dienone is 4. The molecule has 0 bridgehead atoms. The highest BCUT2D eigenvalue weighted by atomic mass is 16.3. The number of anilines is 3. The van der Waals surface area contributed by atoms with Gasteiger partial charge in [-0.3, -0.25) is 0 Å². The first kappa shape index (κ1) is 32.1. The average molecular weight is 728 g/mol. The molecule has 2 heteroatoms. The van der Waals surface area contributed by atoms with E-state index in [0.717, 1.165) is 39.0 Å². The van der Waals surface area contributed by atoms with Gasteiger partial charge in [0.2, 0.25) is 0 Å². The fourth-order valence-electron chi connectivity index (χ4n) is 10.4. The lowest BCUT2D eigenvalue weighted by Crippen LogP contribution is -2.32. The SMILES string of the molecule is C1=CC2c3ccccc3C3(c4ccccc4-c4c3ccc3c4oc4ccc(N(c5ccc(-c6ccccc6)cc5)c5ccc(-c6ccccc6)cc5)cc43)C2C=C1. The Morgan fingerprint density at radius 2 is 1.02 bits per heavy atom. The second-order valence-corrected chi connectivity index (χ2v) is 15.6. The molecule has 3 aliphatic rings. The van der Waals surface area contributed by atoms with Crippen molar-refractivity contribution in [2.75, 3.05) is 4.90 Å². The van der Waals surface area contributed by atoms with Crippen molar-refractivity contribution in [1.82, 2.24) is 0 Å². The van der Waals surface area contributed by atoms with Crippen LogP contribution >= 0.6 is 0 Å². The molecular weight excluding hydrogens is 691 g/mol. The zero-order valence-corrected chi connectivity index (χ0v) is 31.2. The highest BCUT2D eigenvalue weighted by molar-refractivity contribution is 6.13. The van der Waals surface area contributed by atoms with Crippen LogP contribution in [-0.2, 0) is 5.41 Å². The summed E-state index contributed by atoms with van der Waals surface area (Å²) in [5.74, 6) is 0.611. The van der Waals surface area contributed by atoms with E-state index < -0.39 is 0 Å². The van der Waals surface area contributed by atoms with E-state index in [2.05, 4.69) is 217 Å². The molecule has 3 aliphatic carbocycles. The van der Waals surface area contributed by atoms with Gasteiger partial charge in [-0.05, 0) is 92.5 Å². The van der Waals surface area contributed by atoms with Gasteiger partial charge in [0.25, 0.3) is 0 Å². The van der Waals surface area contributed by atoms with Gasteiger partial charge in [0.15, 0.2) is 0 Å². The van der Waals surface area contributed by atoms with Crippen molar-refractivity contribution in [1.29, 1.82) is 0 Å². The van der Waals surface area contributed by atoms with E-state index in [1.165, 1.54) is 55.6 Å². The zero-order valence-electron chi connectivity index (χ0n) is 31.2. The molecule has 1 spiro atoms. The molecule has 0 aliphatic heterocycles. The van der Waals surface area contributed by atoms with E-state index in [1.54, 1.807) is 0 Å². The topological polar surface area (TPSA) is 16.4 Å². The van der Waals surface area contributed by atoms with Crippen LogP contribution in [0.5, 0.6) is 0 Å². The molecule has 12 rings (SSSR count). The quantitative estimate of drug-likeness (QED) is 0.175. The molecule has 268 valence electrons. The second kappa shape index (κ2) is 12.4. The molecule has 0 N–H and O–H groups in total. The lowest BCUT2D eigenvalue weighted by molar-refractivity contribution is 0.465. The van der Waals surface area contributed by atoms with Gasteiger partial charge >= 0.3 is 0 Å². The maximum Gasteiger partial charge on any atom is 0.143 e. The van der Waals surface area contributed by atoms with Gasteiger partial charge in [-0.1, -0.05) is 170 Å². The second-order valence-electron chi connectivity index (χ2n) is 15.6. The van der Waals surface area contributed by atoms with Gasteiger partial charge in [0.1, 0.15) is 11.2 Å². The van der Waals surface area contributed by atoms with Crippen molar-refractivity contribution in [3.8, 4) is 33.4 Å². The van der Waals surface area contributed by atoms with Crippen molar-refractivity contribution >= 4 is 39.0 Å². The molecular formula is C55H37NO. The van der Waals surface area contributed by atoms with Gasteiger partial charge in [-0.15, -0.1) is 0 Å². The summed E-state index contributed by atoms with van der Waals surface area (Å²) < 4.78 is 7.00. The van der Waals surface area contributed by atoms with Crippen LogP contribution in [0.4, 0.5) is 17.1 Å². The summed E-state index contributed by atoms with van der Waals surface area (Å²) in [6, 6.07) is 68.5. The highest BCUT2D eigenvalue weighted by Gasteiger charge is 2.57. The van der Waals surface area contributed by atoms with Gasteiger partial charge in [0.05, 0.1) is 5.41 Å². The largest absolute Gasteiger partial charge is 0.455 e. The summed E-state index contributed by atoms with van der Waals surface area (Å²) >= 11 is 0. The maximum atomic E-state index is 7.00. The van der Waals surface area contributed by atoms with Crippen LogP contribution in [0.3, 0.4) is 0 Å². The number of hydrogen-bond donors (Lipinski definition) is 0. The van der Waals surface area contributed by atoms with Gasteiger partial charge in [-0.2, -0.15) is 0 Å². The zero-order chi connectivity index (χ0) is 37.5. The number of fused-ring (bicyclic) bond motifs is 14. The van der Waals surface area contributed by atoms with Crippen molar-refractivity contribution in [3.05, 3.63) is 235 Å². The Labute approximate surface area is 332 Å². The Hall–Kier alpha value is -7.16. The molecule has 0 amide bonds. The molecule has 9 aromatic rings. The third-order valence-corrected chi connectivity index (χ3v) is 12.8. The van der Waals surface area contributed by atoms with Crippen LogP contribution in [0.25, 0.3) is 55.3 Å². The fraction of sp³-hybridized carbons (Fsp3) is 0.0545. The van der Waals surface area contributed by atoms with E-state index in [4.69, 9.17) is 4.42 Å². The number of nitrogens with zero attached hydrogens (tertiary/aromatic N) is 1. The smallest absolute Gasteiger partial charge is 0.143 e. The number of rotatable bonds is 5. The summed E-state index contributed by atoms with van der Waals surface area (Å²) in [7, 11) is 0. The van der Waals surface area contributed by atoms with E-state index in [1.807, 2.05) is 0 Å². The molecule has 8 aromatic carbocycles. The summed E-state index contributed by atoms with van der Waals surface area (Å²) in [6.07, 6.45) is 9.31. The first-order chi connectivity index (χ1) is 28.3. The number of furan rings is 1. The lowest BCUT2D eigenvalue weighted by atomic mass is 9.65. The van der Waals surface area contributed by atoms with E-state index in [9.17, 15) is 0 Å². The first-order valence-electron chi connectivity index (χ1n) is 19.9. The predicted octanol–water partition coefficient (Wildman–Crippen LogP) is 14.5. The summed E-state index contributed by atoms with van der Waals surface area (Å²) in [5, 5.41) is 2.25. The van der Waals surface area contributed by atoms with E-state index >= 15 is 0 Å². The van der Waals surface area contributed by atoms with Crippen LogP contribution in [-0.4, -0.2) is 0 Å². The Morgan fingerprint density at radius 1 is 0.439 bits per heavy atom. The maximum absolute atomic E-state index is 7.00. The summed E-state index contributed by atoms with van der Waals surface area (Å²) in [4.78, 5) is 2.36. The molecule has 1 heterocycles. The minimum atomic E-state index is -0.290. The van der Waals surface area contributed by atoms with Crippen molar-refractivity contribution in [2.24, 2.45) is 5.92 Å². The van der Waals surface area contributed by atoms with Crippen molar-refractivity contribution in [3.63, 3.8) is 0 Å². The highest BCUT2D eigenvalue weighted by Crippen LogP contribution is 2.66. The fourth-order valence-corrected chi connectivity index (χ4v) is 10.4. The van der Waals surface area contributed by atoms with Crippen LogP contribution in [0.2, 0.25) is 0 Å². The number of benzene rings is 8.